The molecule has 7 aromatic rings. The molecule has 8 nitrogen and oxygen atoms in total. The highest BCUT2D eigenvalue weighted by atomic mass is 32.2. The van der Waals surface area contributed by atoms with Crippen molar-refractivity contribution in [3.8, 4) is 12.4 Å². The van der Waals surface area contributed by atoms with Crippen molar-refractivity contribution in [1.82, 2.24) is 0 Å². The largest absolute Gasteiger partial charge is 0.219 e. The second-order valence-electron chi connectivity index (χ2n) is 10.1. The molecule has 7 aromatic carbocycles. The van der Waals surface area contributed by atoms with E-state index in [4.69, 9.17) is 0 Å². The minimum atomic E-state index is -3.83. The van der Waals surface area contributed by atoms with E-state index in [1.165, 1.54) is 48.5 Å². The van der Waals surface area contributed by atoms with Crippen molar-refractivity contribution < 1.29 is 16.8 Å². The molecule has 10 heteroatoms. The van der Waals surface area contributed by atoms with Crippen LogP contribution in [0.5, 0.6) is 0 Å². The zero-order chi connectivity index (χ0) is 30.6. The lowest BCUT2D eigenvalue weighted by atomic mass is 10.1. The van der Waals surface area contributed by atoms with E-state index in [0.717, 1.165) is 10.8 Å². The summed E-state index contributed by atoms with van der Waals surface area (Å²) in [6.07, 6.45) is 3.66. The SMILES string of the molecule is N#CN=c1c2cc(S(=O)(=O)c3ccccc3)ccc2c2cc3c(cc12)c(=NC#N)c1cc(S(=O)(=O)c2ccccc2)ccc13. The number of nitrogens with zero attached hydrogens (tertiary/aromatic N) is 4. The third-order valence-electron chi connectivity index (χ3n) is 7.79. The third kappa shape index (κ3) is 4.01. The summed E-state index contributed by atoms with van der Waals surface area (Å²) in [6, 6.07) is 29.3. The summed E-state index contributed by atoms with van der Waals surface area (Å²) in [6.45, 7) is 0. The lowest BCUT2D eigenvalue weighted by molar-refractivity contribution is 0.594. The standard InChI is InChI=1S/C34H18N4O4S2/c35-19-37-33-29-15-23(43(39,40)21-7-3-1-4-8-21)11-13-25(29)27-17-28-26-14-12-24(44(41,42)22-9-5-2-6-10-22)16-30(26)34(38-20-36)32(28)18-31(27)33/h1-18H. The van der Waals surface area contributed by atoms with Crippen molar-refractivity contribution in [2.75, 3.05) is 0 Å². The lowest BCUT2D eigenvalue weighted by Crippen LogP contribution is -2.04. The van der Waals surface area contributed by atoms with Crippen LogP contribution in [0, 0.1) is 22.9 Å². The van der Waals surface area contributed by atoms with Crippen LogP contribution in [-0.2, 0) is 19.7 Å². The predicted octanol–water partition coefficient (Wildman–Crippen LogP) is 5.60. The number of nitriles is 2. The molecule has 0 N–H and O–H groups in total. The Bertz CT molecular complexity index is 2560. The van der Waals surface area contributed by atoms with Crippen molar-refractivity contribution in [1.29, 1.82) is 10.5 Å². The Labute approximate surface area is 251 Å². The monoisotopic (exact) mass is 610 g/mol. The fourth-order valence-corrected chi connectivity index (χ4v) is 8.40. The van der Waals surface area contributed by atoms with Gasteiger partial charge in [0.15, 0.2) is 0 Å². The second kappa shape index (κ2) is 9.96. The smallest absolute Gasteiger partial charge is 0.206 e. The van der Waals surface area contributed by atoms with Crippen LogP contribution in [0.2, 0.25) is 0 Å². The van der Waals surface area contributed by atoms with Crippen molar-refractivity contribution in [3.05, 3.63) is 120 Å². The predicted molar refractivity (Wildman–Crippen MR) is 165 cm³/mol. The molecule has 0 aromatic heterocycles. The highest BCUT2D eigenvalue weighted by Crippen LogP contribution is 2.35. The van der Waals surface area contributed by atoms with E-state index in [1.54, 1.807) is 54.6 Å². The van der Waals surface area contributed by atoms with Crippen LogP contribution in [0.25, 0.3) is 43.1 Å². The molecule has 0 fully saturated rings. The Morgan fingerprint density at radius 2 is 0.773 bits per heavy atom. The molecule has 210 valence electrons. The van der Waals surface area contributed by atoms with Crippen molar-refractivity contribution in [2.45, 2.75) is 19.6 Å². The molecule has 0 amide bonds. The second-order valence-corrected chi connectivity index (χ2v) is 14.0. The first-order valence-corrected chi connectivity index (χ1v) is 16.2. The molecule has 0 aliphatic carbocycles. The maximum Gasteiger partial charge on any atom is 0.206 e. The fourth-order valence-electron chi connectivity index (χ4n) is 5.78. The van der Waals surface area contributed by atoms with E-state index in [0.29, 0.717) is 43.0 Å². The van der Waals surface area contributed by atoms with Gasteiger partial charge in [-0.05, 0) is 82.2 Å². The summed E-state index contributed by atoms with van der Waals surface area (Å²) in [7, 11) is -7.66. The Balaban J connectivity index is 1.53. The molecule has 0 aliphatic heterocycles. The molecule has 0 saturated heterocycles. The summed E-state index contributed by atoms with van der Waals surface area (Å²) in [4.78, 5) is 8.57. The molecular weight excluding hydrogens is 593 g/mol. The van der Waals surface area contributed by atoms with Gasteiger partial charge < -0.3 is 0 Å². The van der Waals surface area contributed by atoms with Gasteiger partial charge in [-0.3, -0.25) is 0 Å². The van der Waals surface area contributed by atoms with Gasteiger partial charge in [0, 0.05) is 21.5 Å². The van der Waals surface area contributed by atoms with Crippen molar-refractivity contribution in [2.24, 2.45) is 9.98 Å². The van der Waals surface area contributed by atoms with E-state index >= 15 is 0 Å². The number of benzene rings is 5. The van der Waals surface area contributed by atoms with Gasteiger partial charge in [0.05, 0.1) is 30.3 Å². The van der Waals surface area contributed by atoms with Crippen LogP contribution in [0.3, 0.4) is 0 Å². The van der Waals surface area contributed by atoms with Gasteiger partial charge in [0.1, 0.15) is 0 Å². The average molecular weight is 611 g/mol. The summed E-state index contributed by atoms with van der Waals surface area (Å²) in [5, 5.41) is 24.7. The maximum absolute atomic E-state index is 13.4. The molecule has 0 unspecified atom stereocenters. The number of hydrogen-bond acceptors (Lipinski definition) is 8. The molecule has 0 saturated carbocycles. The topological polar surface area (TPSA) is 141 Å². The van der Waals surface area contributed by atoms with E-state index in [-0.39, 0.29) is 19.6 Å². The van der Waals surface area contributed by atoms with E-state index in [1.807, 2.05) is 18.5 Å². The Kier molecular flexibility index (Phi) is 6.15. The van der Waals surface area contributed by atoms with Gasteiger partial charge in [-0.15, -0.1) is 0 Å². The number of rotatable bonds is 4. The molecule has 0 radical (unpaired) electrons. The van der Waals surface area contributed by atoms with Gasteiger partial charge in [-0.1, -0.05) is 48.5 Å². The van der Waals surface area contributed by atoms with Crippen LogP contribution in [0.4, 0.5) is 0 Å². The van der Waals surface area contributed by atoms with E-state index < -0.39 is 19.7 Å². The molecule has 0 heterocycles. The van der Waals surface area contributed by atoms with E-state index in [9.17, 15) is 27.4 Å². The summed E-state index contributed by atoms with van der Waals surface area (Å²) in [5.74, 6) is 0. The maximum atomic E-state index is 13.4. The molecule has 0 atom stereocenters. The molecule has 0 aliphatic rings. The molecule has 0 spiro atoms. The van der Waals surface area contributed by atoms with Gasteiger partial charge in [-0.2, -0.15) is 20.5 Å². The molecular formula is C34H18N4O4S2. The van der Waals surface area contributed by atoms with E-state index in [2.05, 4.69) is 9.98 Å². The minimum absolute atomic E-state index is 0.0673. The number of hydrogen-bond donors (Lipinski definition) is 0. The van der Waals surface area contributed by atoms with Gasteiger partial charge >= 0.3 is 0 Å². The molecule has 0 bridgehead atoms. The van der Waals surface area contributed by atoms with Crippen LogP contribution >= 0.6 is 0 Å². The highest BCUT2D eigenvalue weighted by Gasteiger charge is 2.22. The van der Waals surface area contributed by atoms with Crippen molar-refractivity contribution in [3.63, 3.8) is 0 Å². The first kappa shape index (κ1) is 27.2. The Morgan fingerprint density at radius 3 is 1.16 bits per heavy atom. The fraction of sp³-hybridized carbons (Fsp3) is 0. The number of sulfone groups is 2. The van der Waals surface area contributed by atoms with Crippen LogP contribution in [-0.4, -0.2) is 16.8 Å². The van der Waals surface area contributed by atoms with Gasteiger partial charge in [0.2, 0.25) is 32.1 Å². The first-order valence-electron chi connectivity index (χ1n) is 13.3. The summed E-state index contributed by atoms with van der Waals surface area (Å²) >= 11 is 0. The van der Waals surface area contributed by atoms with Crippen LogP contribution in [0.15, 0.2) is 139 Å². The summed E-state index contributed by atoms with van der Waals surface area (Å²) in [5.41, 5.74) is 0. The van der Waals surface area contributed by atoms with Crippen molar-refractivity contribution >= 4 is 62.8 Å². The van der Waals surface area contributed by atoms with Gasteiger partial charge in [-0.25, -0.2) is 16.8 Å². The minimum Gasteiger partial charge on any atom is -0.219 e. The quantitative estimate of drug-likeness (QED) is 0.238. The van der Waals surface area contributed by atoms with Crippen LogP contribution in [0.1, 0.15) is 0 Å². The zero-order valence-electron chi connectivity index (χ0n) is 22.6. The number of fused-ring (bicyclic) bond motifs is 6. The summed E-state index contributed by atoms with van der Waals surface area (Å²) < 4.78 is 53.5. The third-order valence-corrected chi connectivity index (χ3v) is 11.3. The molecule has 44 heavy (non-hydrogen) atoms. The first-order chi connectivity index (χ1) is 21.3. The Morgan fingerprint density at radius 1 is 0.409 bits per heavy atom. The van der Waals surface area contributed by atoms with Crippen LogP contribution < -0.4 is 10.7 Å². The average Bonchev–Trinajstić information content (AvgIpc) is 3.52. The zero-order valence-corrected chi connectivity index (χ0v) is 24.3. The highest BCUT2D eigenvalue weighted by molar-refractivity contribution is 7.91. The lowest BCUT2D eigenvalue weighted by Gasteiger charge is -2.05. The normalized spacial score (nSPS) is 13.1. The van der Waals surface area contributed by atoms with Gasteiger partial charge in [0.25, 0.3) is 0 Å². The Hall–Kier alpha value is -5.68. The molecule has 7 rings (SSSR count).